The first-order valence-corrected chi connectivity index (χ1v) is 8.65. The number of halogens is 1. The predicted molar refractivity (Wildman–Crippen MR) is 104 cm³/mol. The normalized spacial score (nSPS) is 11.7. The Labute approximate surface area is 164 Å². The van der Waals surface area contributed by atoms with E-state index in [1.54, 1.807) is 36.4 Å². The molecule has 144 valence electrons. The number of hydrogen-bond acceptors (Lipinski definition) is 6. The number of rotatable bonds is 5. The highest BCUT2D eigenvalue weighted by Gasteiger charge is 2.23. The van der Waals surface area contributed by atoms with E-state index < -0.39 is 23.6 Å². The highest BCUT2D eigenvalue weighted by Crippen LogP contribution is 2.27. The third-order valence-electron chi connectivity index (χ3n) is 3.93. The van der Waals surface area contributed by atoms with Crippen LogP contribution in [0.25, 0.3) is 11.0 Å². The number of carbonyl (C=O) groups is 2. The summed E-state index contributed by atoms with van der Waals surface area (Å²) in [6.45, 7) is 1.38. The smallest absolute Gasteiger partial charge is 0.351 e. The van der Waals surface area contributed by atoms with Gasteiger partial charge in [-0.15, -0.1) is 0 Å². The van der Waals surface area contributed by atoms with Crippen LogP contribution in [-0.2, 0) is 9.53 Å². The molecule has 2 aromatic carbocycles. The minimum Gasteiger partial charge on any atom is -0.495 e. The molecule has 8 heteroatoms. The summed E-state index contributed by atoms with van der Waals surface area (Å²) in [5, 5.41) is 3.54. The molecule has 28 heavy (non-hydrogen) atoms. The van der Waals surface area contributed by atoms with Gasteiger partial charge in [0, 0.05) is 10.4 Å². The molecular weight excluding hydrogens is 386 g/mol. The summed E-state index contributed by atoms with van der Waals surface area (Å²) < 4.78 is 15.4. The zero-order chi connectivity index (χ0) is 20.3. The van der Waals surface area contributed by atoms with Crippen LogP contribution in [0, 0.1) is 0 Å². The molecule has 0 aliphatic heterocycles. The lowest BCUT2D eigenvalue weighted by Crippen LogP contribution is -2.31. The van der Waals surface area contributed by atoms with Crippen LogP contribution in [-0.4, -0.2) is 25.1 Å². The number of nitrogens with one attached hydrogen (secondary N) is 1. The van der Waals surface area contributed by atoms with Crippen LogP contribution < -0.4 is 15.7 Å². The molecular formula is C20H16ClNO6. The molecule has 0 spiro atoms. The van der Waals surface area contributed by atoms with E-state index >= 15 is 0 Å². The van der Waals surface area contributed by atoms with Gasteiger partial charge >= 0.3 is 11.6 Å². The number of para-hydroxylation sites is 1. The first kappa shape index (κ1) is 19.4. The van der Waals surface area contributed by atoms with Crippen molar-refractivity contribution in [1.82, 2.24) is 0 Å². The van der Waals surface area contributed by atoms with Gasteiger partial charge in [0.2, 0.25) is 0 Å². The molecule has 0 radical (unpaired) electrons. The van der Waals surface area contributed by atoms with Crippen LogP contribution in [0.3, 0.4) is 0 Å². The maximum atomic E-state index is 12.4. The highest BCUT2D eigenvalue weighted by molar-refractivity contribution is 6.31. The Bertz CT molecular complexity index is 1110. The number of hydrogen-bond donors (Lipinski definition) is 1. The molecule has 1 amide bonds. The number of anilines is 1. The van der Waals surface area contributed by atoms with E-state index in [0.717, 1.165) is 0 Å². The van der Waals surface area contributed by atoms with Crippen molar-refractivity contribution in [1.29, 1.82) is 0 Å². The summed E-state index contributed by atoms with van der Waals surface area (Å²) in [5.41, 5.74) is -0.456. The van der Waals surface area contributed by atoms with Gasteiger partial charge in [-0.1, -0.05) is 29.8 Å². The van der Waals surface area contributed by atoms with Crippen LogP contribution in [0.4, 0.5) is 5.69 Å². The first-order valence-electron chi connectivity index (χ1n) is 8.27. The van der Waals surface area contributed by atoms with Gasteiger partial charge in [-0.05, 0) is 37.3 Å². The molecule has 3 rings (SSSR count). The standard InChI is InChI=1S/C20H16ClNO6/c1-11(18(23)22-15-10-13(21)7-8-17(15)26-2)27-19(24)14-9-12-5-3-4-6-16(12)28-20(14)25/h3-11H,1-2H3,(H,22,23)/t11-/m0/s1. The average molecular weight is 402 g/mol. The van der Waals surface area contributed by atoms with Gasteiger partial charge in [0.25, 0.3) is 5.91 Å². The number of fused-ring (bicyclic) bond motifs is 1. The van der Waals surface area contributed by atoms with Gasteiger partial charge in [0.15, 0.2) is 6.10 Å². The Balaban J connectivity index is 1.75. The topological polar surface area (TPSA) is 94.8 Å². The van der Waals surface area contributed by atoms with Crippen molar-refractivity contribution in [2.75, 3.05) is 12.4 Å². The molecule has 1 heterocycles. The van der Waals surface area contributed by atoms with E-state index in [-0.39, 0.29) is 5.56 Å². The zero-order valence-electron chi connectivity index (χ0n) is 15.0. The Hall–Kier alpha value is -3.32. The SMILES string of the molecule is COc1ccc(Cl)cc1NC(=O)[C@H](C)OC(=O)c1cc2ccccc2oc1=O. The van der Waals surface area contributed by atoms with Crippen LogP contribution in [0.2, 0.25) is 5.02 Å². The molecule has 0 saturated heterocycles. The lowest BCUT2D eigenvalue weighted by Gasteiger charge is -2.15. The summed E-state index contributed by atoms with van der Waals surface area (Å²) in [5.74, 6) is -1.18. The lowest BCUT2D eigenvalue weighted by atomic mass is 10.2. The van der Waals surface area contributed by atoms with E-state index in [0.29, 0.717) is 27.4 Å². The second-order valence-electron chi connectivity index (χ2n) is 5.87. The fourth-order valence-electron chi connectivity index (χ4n) is 2.49. The number of esters is 1. The van der Waals surface area contributed by atoms with Gasteiger partial charge in [0.1, 0.15) is 16.9 Å². The third kappa shape index (κ3) is 4.15. The summed E-state index contributed by atoms with van der Waals surface area (Å²) in [4.78, 5) is 36.8. The molecule has 0 fully saturated rings. The zero-order valence-corrected chi connectivity index (χ0v) is 15.8. The molecule has 0 saturated carbocycles. The minimum atomic E-state index is -1.18. The van der Waals surface area contributed by atoms with Crippen LogP contribution >= 0.6 is 11.6 Å². The van der Waals surface area contributed by atoms with E-state index in [9.17, 15) is 14.4 Å². The van der Waals surface area contributed by atoms with Crippen molar-refractivity contribution in [2.24, 2.45) is 0 Å². The summed E-state index contributed by atoms with van der Waals surface area (Å²) in [7, 11) is 1.45. The van der Waals surface area contributed by atoms with Crippen molar-refractivity contribution in [3.63, 3.8) is 0 Å². The highest BCUT2D eigenvalue weighted by atomic mass is 35.5. The molecule has 0 aliphatic carbocycles. The summed E-state index contributed by atoms with van der Waals surface area (Å²) >= 11 is 5.93. The quantitative estimate of drug-likeness (QED) is 0.518. The average Bonchev–Trinajstić information content (AvgIpc) is 2.67. The van der Waals surface area contributed by atoms with Crippen molar-refractivity contribution < 1.29 is 23.5 Å². The fourth-order valence-corrected chi connectivity index (χ4v) is 2.67. The minimum absolute atomic E-state index is 0.293. The lowest BCUT2D eigenvalue weighted by molar-refractivity contribution is -0.123. The molecule has 3 aromatic rings. The van der Waals surface area contributed by atoms with Gasteiger partial charge in [-0.25, -0.2) is 9.59 Å². The van der Waals surface area contributed by atoms with E-state index in [2.05, 4.69) is 5.32 Å². The third-order valence-corrected chi connectivity index (χ3v) is 4.17. The molecule has 0 unspecified atom stereocenters. The van der Waals surface area contributed by atoms with Gasteiger partial charge < -0.3 is 19.2 Å². The predicted octanol–water partition coefficient (Wildman–Crippen LogP) is 3.64. The van der Waals surface area contributed by atoms with E-state index in [1.165, 1.54) is 26.2 Å². The Morgan fingerprint density at radius 1 is 1.14 bits per heavy atom. The van der Waals surface area contributed by atoms with Crippen LogP contribution in [0.5, 0.6) is 5.75 Å². The molecule has 1 atom stereocenters. The number of methoxy groups -OCH3 is 1. The molecule has 0 aliphatic rings. The van der Waals surface area contributed by atoms with Crippen molar-refractivity contribution in [2.45, 2.75) is 13.0 Å². The number of ether oxygens (including phenoxy) is 2. The van der Waals surface area contributed by atoms with Gasteiger partial charge in [-0.3, -0.25) is 4.79 Å². The Kier molecular flexibility index (Phi) is 5.65. The van der Waals surface area contributed by atoms with E-state index in [4.69, 9.17) is 25.5 Å². The summed E-state index contributed by atoms with van der Waals surface area (Å²) in [6.07, 6.45) is -1.18. The Morgan fingerprint density at radius 3 is 2.64 bits per heavy atom. The monoisotopic (exact) mass is 401 g/mol. The molecule has 1 aromatic heterocycles. The number of benzene rings is 2. The molecule has 7 nitrogen and oxygen atoms in total. The summed E-state index contributed by atoms with van der Waals surface area (Å²) in [6, 6.07) is 12.8. The molecule has 0 bridgehead atoms. The van der Waals surface area contributed by atoms with Crippen LogP contribution in [0.15, 0.2) is 57.7 Å². The van der Waals surface area contributed by atoms with E-state index in [1.807, 2.05) is 0 Å². The molecule has 1 N–H and O–H groups in total. The van der Waals surface area contributed by atoms with Gasteiger partial charge in [0.05, 0.1) is 12.8 Å². The van der Waals surface area contributed by atoms with Crippen molar-refractivity contribution in [3.8, 4) is 5.75 Å². The van der Waals surface area contributed by atoms with Gasteiger partial charge in [-0.2, -0.15) is 0 Å². The second-order valence-corrected chi connectivity index (χ2v) is 6.30. The first-order chi connectivity index (χ1) is 13.4. The fraction of sp³-hybridized carbons (Fsp3) is 0.150. The maximum Gasteiger partial charge on any atom is 0.351 e. The van der Waals surface area contributed by atoms with Crippen molar-refractivity contribution in [3.05, 3.63) is 69.5 Å². The van der Waals surface area contributed by atoms with Crippen molar-refractivity contribution >= 4 is 40.1 Å². The number of carbonyl (C=O) groups excluding carboxylic acids is 2. The number of amides is 1. The Morgan fingerprint density at radius 2 is 1.89 bits per heavy atom. The maximum absolute atomic E-state index is 12.4. The second kappa shape index (κ2) is 8.14. The van der Waals surface area contributed by atoms with Crippen LogP contribution in [0.1, 0.15) is 17.3 Å². The largest absolute Gasteiger partial charge is 0.495 e.